The predicted octanol–water partition coefficient (Wildman–Crippen LogP) is 2.99. The topological polar surface area (TPSA) is 39.2 Å². The van der Waals surface area contributed by atoms with Gasteiger partial charge >= 0.3 is 0 Å². The molecular formula is C9H14NO2PS. The van der Waals surface area contributed by atoms with Gasteiger partial charge in [0.1, 0.15) is 0 Å². The molecule has 0 N–H and O–H groups in total. The maximum atomic E-state index is 11.6. The molecule has 0 saturated carbocycles. The summed E-state index contributed by atoms with van der Waals surface area (Å²) in [5.41, 5.74) is 1.60. The Bertz CT molecular complexity index is 339. The van der Waals surface area contributed by atoms with E-state index in [0.717, 1.165) is 10.6 Å². The summed E-state index contributed by atoms with van der Waals surface area (Å²) < 4.78 is 16.4. The van der Waals surface area contributed by atoms with Crippen molar-refractivity contribution in [1.29, 1.82) is 0 Å². The van der Waals surface area contributed by atoms with Crippen LogP contribution in [0.3, 0.4) is 0 Å². The van der Waals surface area contributed by atoms with Gasteiger partial charge in [0.25, 0.3) is 0 Å². The Morgan fingerprint density at radius 2 is 2.29 bits per heavy atom. The van der Waals surface area contributed by atoms with E-state index in [2.05, 4.69) is 4.98 Å². The monoisotopic (exact) mass is 231 g/mol. The Hall–Kier alpha value is -0.310. The molecule has 1 rings (SSSR count). The molecule has 0 bridgehead atoms. The van der Waals surface area contributed by atoms with Crippen molar-refractivity contribution in [3.8, 4) is 0 Å². The second-order valence-electron chi connectivity index (χ2n) is 3.14. The van der Waals surface area contributed by atoms with Gasteiger partial charge in [-0.2, -0.15) is 0 Å². The fourth-order valence-electron chi connectivity index (χ4n) is 0.776. The molecule has 0 fully saturated rings. The minimum atomic E-state index is -2.43. The van der Waals surface area contributed by atoms with Crippen LogP contribution in [0, 0.1) is 6.92 Å². The molecule has 1 heterocycles. The van der Waals surface area contributed by atoms with Crippen molar-refractivity contribution in [2.75, 3.05) is 19.3 Å². The SMILES string of the molecule is COP(C)(=O)CSc1ccc(C)cn1. The zero-order valence-corrected chi connectivity index (χ0v) is 10.3. The van der Waals surface area contributed by atoms with Gasteiger partial charge < -0.3 is 4.52 Å². The second-order valence-corrected chi connectivity index (χ2v) is 7.28. The van der Waals surface area contributed by atoms with Gasteiger partial charge in [-0.3, -0.25) is 4.57 Å². The van der Waals surface area contributed by atoms with E-state index in [0.29, 0.717) is 5.49 Å². The molecule has 0 radical (unpaired) electrons. The third-order valence-electron chi connectivity index (χ3n) is 1.72. The highest BCUT2D eigenvalue weighted by atomic mass is 32.2. The van der Waals surface area contributed by atoms with Crippen LogP contribution >= 0.6 is 19.1 Å². The lowest BCUT2D eigenvalue weighted by molar-refractivity contribution is 0.403. The first kappa shape index (κ1) is 11.8. The molecule has 1 atom stereocenters. The van der Waals surface area contributed by atoms with Crippen molar-refractivity contribution in [2.45, 2.75) is 11.9 Å². The van der Waals surface area contributed by atoms with Crippen LogP contribution < -0.4 is 0 Å². The summed E-state index contributed by atoms with van der Waals surface area (Å²) in [7, 11) is -0.952. The molecule has 1 aromatic rings. The van der Waals surface area contributed by atoms with Gasteiger partial charge in [0, 0.05) is 20.0 Å². The Morgan fingerprint density at radius 1 is 1.57 bits per heavy atom. The Kier molecular flexibility index (Phi) is 4.17. The number of aryl methyl sites for hydroxylation is 1. The first-order valence-corrected chi connectivity index (χ1v) is 7.45. The third-order valence-corrected chi connectivity index (χ3v) is 5.42. The fourth-order valence-corrected chi connectivity index (χ4v) is 2.96. The van der Waals surface area contributed by atoms with Gasteiger partial charge in [-0.05, 0) is 18.6 Å². The molecule has 0 aliphatic rings. The zero-order chi connectivity index (χ0) is 10.6. The Labute approximate surface area is 88.7 Å². The van der Waals surface area contributed by atoms with Gasteiger partial charge in [0.05, 0.1) is 10.5 Å². The molecule has 0 aromatic carbocycles. The van der Waals surface area contributed by atoms with Crippen LogP contribution in [0.5, 0.6) is 0 Å². The number of rotatable bonds is 4. The van der Waals surface area contributed by atoms with Crippen LogP contribution in [-0.2, 0) is 9.09 Å². The second kappa shape index (κ2) is 4.96. The van der Waals surface area contributed by atoms with Gasteiger partial charge in [-0.25, -0.2) is 4.98 Å². The largest absolute Gasteiger partial charge is 0.331 e. The number of hydrogen-bond acceptors (Lipinski definition) is 4. The van der Waals surface area contributed by atoms with Crippen molar-refractivity contribution >= 4 is 19.1 Å². The predicted molar refractivity (Wildman–Crippen MR) is 60.2 cm³/mol. The summed E-state index contributed by atoms with van der Waals surface area (Å²) in [5, 5.41) is 0.884. The van der Waals surface area contributed by atoms with E-state index < -0.39 is 7.37 Å². The van der Waals surface area contributed by atoms with Crippen molar-refractivity contribution in [1.82, 2.24) is 4.98 Å². The van der Waals surface area contributed by atoms with Crippen molar-refractivity contribution < 1.29 is 9.09 Å². The van der Waals surface area contributed by atoms with Crippen LogP contribution in [-0.4, -0.2) is 24.3 Å². The highest BCUT2D eigenvalue weighted by Crippen LogP contribution is 2.46. The highest BCUT2D eigenvalue weighted by Gasteiger charge is 2.13. The Morgan fingerprint density at radius 3 is 2.79 bits per heavy atom. The molecule has 1 unspecified atom stereocenters. The number of hydrogen-bond donors (Lipinski definition) is 0. The smallest absolute Gasteiger partial charge is 0.209 e. The number of nitrogens with zero attached hydrogens (tertiary/aromatic N) is 1. The first-order valence-electron chi connectivity index (χ1n) is 4.21. The minimum Gasteiger partial charge on any atom is -0.331 e. The van der Waals surface area contributed by atoms with Crippen LogP contribution in [0.2, 0.25) is 0 Å². The first-order chi connectivity index (χ1) is 6.53. The molecule has 0 aliphatic heterocycles. The molecule has 0 spiro atoms. The average molecular weight is 231 g/mol. The van der Waals surface area contributed by atoms with Crippen molar-refractivity contribution in [3.63, 3.8) is 0 Å². The quantitative estimate of drug-likeness (QED) is 0.590. The lowest BCUT2D eigenvalue weighted by Crippen LogP contribution is -1.87. The maximum absolute atomic E-state index is 11.6. The number of thioether (sulfide) groups is 1. The summed E-state index contributed by atoms with van der Waals surface area (Å²) in [4.78, 5) is 4.20. The van der Waals surface area contributed by atoms with Crippen LogP contribution in [0.25, 0.3) is 0 Å². The summed E-state index contributed by atoms with van der Waals surface area (Å²) in [6.07, 6.45) is 1.80. The molecule has 0 amide bonds. The van der Waals surface area contributed by atoms with Gasteiger partial charge in [0.15, 0.2) is 0 Å². The molecule has 14 heavy (non-hydrogen) atoms. The maximum Gasteiger partial charge on any atom is 0.209 e. The van der Waals surface area contributed by atoms with Gasteiger partial charge in [-0.1, -0.05) is 17.8 Å². The fraction of sp³-hybridized carbons (Fsp3) is 0.444. The van der Waals surface area contributed by atoms with Crippen LogP contribution in [0.1, 0.15) is 5.56 Å². The molecule has 3 nitrogen and oxygen atoms in total. The van der Waals surface area contributed by atoms with Crippen LogP contribution in [0.4, 0.5) is 0 Å². The number of pyridine rings is 1. The Balaban J connectivity index is 2.54. The summed E-state index contributed by atoms with van der Waals surface area (Å²) in [5.74, 6) is 0. The minimum absolute atomic E-state index is 0.472. The van der Waals surface area contributed by atoms with E-state index in [-0.39, 0.29) is 0 Å². The van der Waals surface area contributed by atoms with Crippen molar-refractivity contribution in [3.05, 3.63) is 23.9 Å². The highest BCUT2D eigenvalue weighted by molar-refractivity contribution is 8.04. The van der Waals surface area contributed by atoms with E-state index in [1.54, 1.807) is 12.9 Å². The van der Waals surface area contributed by atoms with Crippen LogP contribution in [0.15, 0.2) is 23.4 Å². The number of aromatic nitrogens is 1. The molecule has 5 heteroatoms. The normalized spacial score (nSPS) is 15.1. The zero-order valence-electron chi connectivity index (χ0n) is 8.56. The molecule has 0 aliphatic carbocycles. The van der Waals surface area contributed by atoms with E-state index in [4.69, 9.17) is 4.52 Å². The third kappa shape index (κ3) is 3.82. The molecule has 0 saturated heterocycles. The molecule has 1 aromatic heterocycles. The lowest BCUT2D eigenvalue weighted by atomic mass is 10.3. The van der Waals surface area contributed by atoms with Gasteiger partial charge in [0.2, 0.25) is 7.37 Å². The van der Waals surface area contributed by atoms with E-state index >= 15 is 0 Å². The summed E-state index contributed by atoms with van der Waals surface area (Å²) >= 11 is 1.46. The standard InChI is InChI=1S/C9H14NO2PS/c1-8-4-5-9(10-6-8)14-7-13(3,11)12-2/h4-6H,7H2,1-3H3. The van der Waals surface area contributed by atoms with E-state index in [1.165, 1.54) is 18.9 Å². The lowest BCUT2D eigenvalue weighted by Gasteiger charge is -2.08. The van der Waals surface area contributed by atoms with Gasteiger partial charge in [-0.15, -0.1) is 0 Å². The summed E-state index contributed by atoms with van der Waals surface area (Å²) in [6, 6.07) is 3.92. The summed E-state index contributed by atoms with van der Waals surface area (Å²) in [6.45, 7) is 3.62. The molecule has 78 valence electrons. The van der Waals surface area contributed by atoms with E-state index in [1.807, 2.05) is 19.1 Å². The van der Waals surface area contributed by atoms with E-state index in [9.17, 15) is 4.57 Å². The van der Waals surface area contributed by atoms with Crippen molar-refractivity contribution in [2.24, 2.45) is 0 Å². The average Bonchev–Trinajstić information content (AvgIpc) is 2.17. The molecular weight excluding hydrogens is 217 g/mol.